The summed E-state index contributed by atoms with van der Waals surface area (Å²) in [6.45, 7) is 9.02. The van der Waals surface area contributed by atoms with Gasteiger partial charge in [-0.05, 0) is 65.0 Å². The number of Topliss-reactive ketones (excluding diaryl/α,β-unsaturated/α-hetero) is 2. The summed E-state index contributed by atoms with van der Waals surface area (Å²) < 4.78 is 0. The lowest BCUT2D eigenvalue weighted by Crippen LogP contribution is -2.16. The number of hydrogen-bond donors (Lipinski definition) is 1. The van der Waals surface area contributed by atoms with Gasteiger partial charge in [0.15, 0.2) is 11.6 Å². The number of aromatic nitrogens is 3. The Morgan fingerprint density at radius 2 is 1.93 bits per heavy atom. The van der Waals surface area contributed by atoms with E-state index in [1.807, 2.05) is 27.7 Å². The molecule has 0 bridgehead atoms. The highest BCUT2D eigenvalue weighted by atomic mass is 32.2. The number of nitrogens with one attached hydrogen (secondary N) is 1. The number of carbonyl (C=O) groups is 2. The molecule has 1 aliphatic carbocycles. The van der Waals surface area contributed by atoms with Crippen LogP contribution in [0.15, 0.2) is 5.03 Å². The molecule has 0 amide bonds. The molecule has 3 heterocycles. The zero-order valence-corrected chi connectivity index (χ0v) is 18.4. The van der Waals surface area contributed by atoms with Crippen molar-refractivity contribution in [2.24, 2.45) is 0 Å². The van der Waals surface area contributed by atoms with Gasteiger partial charge in [0.05, 0.1) is 10.9 Å². The van der Waals surface area contributed by atoms with Crippen LogP contribution in [0, 0.1) is 20.8 Å². The van der Waals surface area contributed by atoms with Gasteiger partial charge in [0.1, 0.15) is 15.7 Å². The SMILES string of the molecule is CC(=O)c1c(C)[nH]c(C(=O)[C@H](C)Sc2nc(C)nc3sc4c(c23)CCC4)c1C. The summed E-state index contributed by atoms with van der Waals surface area (Å²) in [5.41, 5.74) is 4.01. The number of rotatable bonds is 5. The number of H-pyrrole nitrogens is 1. The van der Waals surface area contributed by atoms with Crippen molar-refractivity contribution in [3.8, 4) is 0 Å². The molecule has 0 aliphatic heterocycles. The van der Waals surface area contributed by atoms with Crippen LogP contribution in [0.5, 0.6) is 0 Å². The molecule has 0 unspecified atom stereocenters. The number of aryl methyl sites for hydroxylation is 4. The van der Waals surface area contributed by atoms with Crippen molar-refractivity contribution in [1.29, 1.82) is 0 Å². The number of aromatic amines is 1. The van der Waals surface area contributed by atoms with Gasteiger partial charge in [0, 0.05) is 21.5 Å². The normalized spacial score (nSPS) is 14.5. The fourth-order valence-corrected chi connectivity index (χ4v) is 6.55. The summed E-state index contributed by atoms with van der Waals surface area (Å²) in [4.78, 5) is 39.9. The van der Waals surface area contributed by atoms with Gasteiger partial charge in [0.25, 0.3) is 0 Å². The van der Waals surface area contributed by atoms with E-state index in [4.69, 9.17) is 0 Å². The second kappa shape index (κ2) is 7.12. The molecular formula is C21H23N3O2S2. The lowest BCUT2D eigenvalue weighted by molar-refractivity contribution is 0.0988. The van der Waals surface area contributed by atoms with E-state index in [1.165, 1.54) is 35.5 Å². The third-order valence-corrected chi connectivity index (χ3v) is 7.61. The maximum atomic E-state index is 13.1. The van der Waals surface area contributed by atoms with Crippen molar-refractivity contribution in [3.05, 3.63) is 38.8 Å². The molecule has 1 N–H and O–H groups in total. The molecule has 0 saturated heterocycles. The molecule has 28 heavy (non-hydrogen) atoms. The Bertz CT molecular complexity index is 1130. The Kier molecular flexibility index (Phi) is 4.91. The molecule has 3 aromatic heterocycles. The first-order chi connectivity index (χ1) is 13.3. The van der Waals surface area contributed by atoms with Crippen LogP contribution in [0.2, 0.25) is 0 Å². The van der Waals surface area contributed by atoms with E-state index in [1.54, 1.807) is 11.3 Å². The fraction of sp³-hybridized carbons (Fsp3) is 0.429. The number of carbonyl (C=O) groups excluding carboxylic acids is 2. The molecular weight excluding hydrogens is 390 g/mol. The number of ketones is 2. The zero-order valence-electron chi connectivity index (χ0n) is 16.7. The molecule has 0 aromatic carbocycles. The first-order valence-electron chi connectivity index (χ1n) is 9.47. The van der Waals surface area contributed by atoms with Crippen LogP contribution in [0.25, 0.3) is 10.2 Å². The highest BCUT2D eigenvalue weighted by Gasteiger charge is 2.27. The zero-order chi connectivity index (χ0) is 20.2. The van der Waals surface area contributed by atoms with Gasteiger partial charge in [-0.1, -0.05) is 11.8 Å². The molecule has 146 valence electrons. The van der Waals surface area contributed by atoms with Crippen LogP contribution in [-0.4, -0.2) is 31.8 Å². The van der Waals surface area contributed by atoms with Crippen LogP contribution < -0.4 is 0 Å². The topological polar surface area (TPSA) is 75.7 Å². The highest BCUT2D eigenvalue weighted by molar-refractivity contribution is 8.00. The van der Waals surface area contributed by atoms with Crippen LogP contribution >= 0.6 is 23.1 Å². The maximum Gasteiger partial charge on any atom is 0.192 e. The largest absolute Gasteiger partial charge is 0.355 e. The summed E-state index contributed by atoms with van der Waals surface area (Å²) in [6, 6.07) is 0. The standard InChI is InChI=1S/C21H23N3O2S2/c1-9-16(11(3)25)10(2)22-18(9)19(26)12(4)27-20-17-14-7-6-8-15(14)28-21(17)24-13(5)23-20/h12,22H,6-8H2,1-5H3/t12-/m0/s1. The lowest BCUT2D eigenvalue weighted by atomic mass is 10.0. The monoisotopic (exact) mass is 413 g/mol. The molecule has 0 fully saturated rings. The molecule has 1 atom stereocenters. The Hall–Kier alpha value is -1.99. The Labute approximate surface area is 172 Å². The van der Waals surface area contributed by atoms with Gasteiger partial charge < -0.3 is 4.98 Å². The molecule has 0 radical (unpaired) electrons. The minimum absolute atomic E-state index is 0.00519. The fourth-order valence-electron chi connectivity index (χ4n) is 4.10. The molecule has 0 spiro atoms. The summed E-state index contributed by atoms with van der Waals surface area (Å²) in [6.07, 6.45) is 3.36. The van der Waals surface area contributed by atoms with Crippen molar-refractivity contribution in [1.82, 2.24) is 15.0 Å². The van der Waals surface area contributed by atoms with Crippen molar-refractivity contribution < 1.29 is 9.59 Å². The first kappa shape index (κ1) is 19.3. The van der Waals surface area contributed by atoms with E-state index < -0.39 is 0 Å². The summed E-state index contributed by atoms with van der Waals surface area (Å²) in [7, 11) is 0. The number of hydrogen-bond acceptors (Lipinski definition) is 6. The average molecular weight is 414 g/mol. The third kappa shape index (κ3) is 3.10. The van der Waals surface area contributed by atoms with E-state index in [0.29, 0.717) is 11.3 Å². The highest BCUT2D eigenvalue weighted by Crippen LogP contribution is 2.41. The van der Waals surface area contributed by atoms with Gasteiger partial charge in [0.2, 0.25) is 0 Å². The van der Waals surface area contributed by atoms with Gasteiger partial charge in [-0.3, -0.25) is 9.59 Å². The predicted molar refractivity (Wildman–Crippen MR) is 114 cm³/mol. The maximum absolute atomic E-state index is 13.1. The molecule has 5 nitrogen and oxygen atoms in total. The van der Waals surface area contributed by atoms with Crippen molar-refractivity contribution in [3.63, 3.8) is 0 Å². The van der Waals surface area contributed by atoms with Gasteiger partial charge in [-0.25, -0.2) is 9.97 Å². The van der Waals surface area contributed by atoms with Crippen LogP contribution in [0.1, 0.15) is 68.6 Å². The molecule has 4 rings (SSSR count). The van der Waals surface area contributed by atoms with E-state index in [0.717, 1.165) is 45.2 Å². The van der Waals surface area contributed by atoms with Gasteiger partial charge >= 0.3 is 0 Å². The lowest BCUT2D eigenvalue weighted by Gasteiger charge is -2.11. The molecule has 0 saturated carbocycles. The van der Waals surface area contributed by atoms with Gasteiger partial charge in [-0.15, -0.1) is 11.3 Å². The summed E-state index contributed by atoms with van der Waals surface area (Å²) >= 11 is 3.26. The molecule has 1 aliphatic rings. The molecule has 7 heteroatoms. The molecule has 3 aromatic rings. The average Bonchev–Trinajstić information content (AvgIpc) is 3.26. The number of fused-ring (bicyclic) bond motifs is 3. The van der Waals surface area contributed by atoms with Crippen LogP contribution in [0.3, 0.4) is 0 Å². The number of thiophene rings is 1. The Morgan fingerprint density at radius 1 is 1.18 bits per heavy atom. The van der Waals surface area contributed by atoms with E-state index >= 15 is 0 Å². The van der Waals surface area contributed by atoms with Crippen LogP contribution in [0.4, 0.5) is 0 Å². The predicted octanol–water partition coefficient (Wildman–Crippen LogP) is 5.00. The van der Waals surface area contributed by atoms with Crippen molar-refractivity contribution >= 4 is 44.9 Å². The van der Waals surface area contributed by atoms with Gasteiger partial charge in [-0.2, -0.15) is 0 Å². The summed E-state index contributed by atoms with van der Waals surface area (Å²) in [5, 5.41) is 1.72. The summed E-state index contributed by atoms with van der Waals surface area (Å²) in [5.74, 6) is 0.710. The smallest absolute Gasteiger partial charge is 0.192 e. The minimum Gasteiger partial charge on any atom is -0.355 e. The first-order valence-corrected chi connectivity index (χ1v) is 11.2. The van der Waals surface area contributed by atoms with Crippen molar-refractivity contribution in [2.45, 2.75) is 64.2 Å². The minimum atomic E-state index is -0.314. The number of thioether (sulfide) groups is 1. The second-order valence-electron chi connectivity index (χ2n) is 7.42. The Balaban J connectivity index is 1.69. The van der Waals surface area contributed by atoms with Crippen LogP contribution in [-0.2, 0) is 12.8 Å². The second-order valence-corrected chi connectivity index (χ2v) is 9.83. The number of nitrogens with zero attached hydrogens (tertiary/aromatic N) is 2. The third-order valence-electron chi connectivity index (χ3n) is 5.34. The Morgan fingerprint density at radius 3 is 2.61 bits per heavy atom. The van der Waals surface area contributed by atoms with Crippen molar-refractivity contribution in [2.75, 3.05) is 0 Å². The van der Waals surface area contributed by atoms with E-state index in [2.05, 4.69) is 15.0 Å². The van der Waals surface area contributed by atoms with E-state index in [9.17, 15) is 9.59 Å². The quantitative estimate of drug-likeness (QED) is 0.362. The van der Waals surface area contributed by atoms with E-state index in [-0.39, 0.29) is 16.8 Å².